The van der Waals surface area contributed by atoms with Gasteiger partial charge in [0.1, 0.15) is 5.75 Å². The van der Waals surface area contributed by atoms with E-state index < -0.39 is 0 Å². The molecule has 0 bridgehead atoms. The average Bonchev–Trinajstić information content (AvgIpc) is 2.67. The van der Waals surface area contributed by atoms with Crippen molar-refractivity contribution in [3.05, 3.63) is 83.2 Å². The number of rotatable bonds is 6. The van der Waals surface area contributed by atoms with Crippen molar-refractivity contribution in [1.29, 1.82) is 0 Å². The molecule has 1 aromatic heterocycles. The second-order valence-electron chi connectivity index (χ2n) is 6.74. The molecule has 3 rings (SSSR count). The predicted molar refractivity (Wildman–Crippen MR) is 107 cm³/mol. The molecule has 0 saturated heterocycles. The molecule has 1 atom stereocenters. The van der Waals surface area contributed by atoms with Crippen LogP contribution in [0.1, 0.15) is 35.3 Å². The fourth-order valence-electron chi connectivity index (χ4n) is 2.96. The number of nitrogens with zero attached hydrogens (tertiary/aromatic N) is 1. The highest BCUT2D eigenvalue weighted by Crippen LogP contribution is 2.30. The number of hydrogen-bond acceptors (Lipinski definition) is 3. The number of pyridine rings is 1. The highest BCUT2D eigenvalue weighted by atomic mass is 16.5. The van der Waals surface area contributed by atoms with E-state index in [0.29, 0.717) is 6.04 Å². The lowest BCUT2D eigenvalue weighted by Gasteiger charge is -2.16. The Kier molecular flexibility index (Phi) is 5.69. The number of hydrogen-bond donors (Lipinski definition) is 1. The lowest BCUT2D eigenvalue weighted by atomic mass is 10.0. The van der Waals surface area contributed by atoms with Crippen molar-refractivity contribution in [2.24, 2.45) is 0 Å². The molecule has 1 heterocycles. The molecule has 2 aromatic carbocycles. The van der Waals surface area contributed by atoms with E-state index in [1.54, 1.807) is 7.11 Å². The number of aryl methyl sites for hydroxylation is 2. The fraction of sp³-hybridized carbons (Fsp3) is 0.261. The monoisotopic (exact) mass is 346 g/mol. The smallest absolute Gasteiger partial charge is 0.126 e. The van der Waals surface area contributed by atoms with Crippen molar-refractivity contribution < 1.29 is 4.74 Å². The van der Waals surface area contributed by atoms with Crippen molar-refractivity contribution in [2.75, 3.05) is 7.11 Å². The summed E-state index contributed by atoms with van der Waals surface area (Å²) >= 11 is 0. The Morgan fingerprint density at radius 2 is 1.77 bits per heavy atom. The van der Waals surface area contributed by atoms with E-state index in [1.165, 1.54) is 16.7 Å². The molecular weight excluding hydrogens is 320 g/mol. The van der Waals surface area contributed by atoms with Crippen molar-refractivity contribution in [1.82, 2.24) is 10.3 Å². The molecule has 0 spiro atoms. The van der Waals surface area contributed by atoms with Crippen LogP contribution in [0.2, 0.25) is 0 Å². The average molecular weight is 346 g/mol. The number of aromatic nitrogens is 1. The zero-order valence-corrected chi connectivity index (χ0v) is 15.9. The summed E-state index contributed by atoms with van der Waals surface area (Å²) in [5.74, 6) is 0.867. The van der Waals surface area contributed by atoms with E-state index >= 15 is 0 Å². The van der Waals surface area contributed by atoms with Gasteiger partial charge in [-0.1, -0.05) is 42.0 Å². The zero-order valence-electron chi connectivity index (χ0n) is 15.9. The molecule has 26 heavy (non-hydrogen) atoms. The van der Waals surface area contributed by atoms with Gasteiger partial charge < -0.3 is 10.1 Å². The van der Waals surface area contributed by atoms with E-state index in [-0.39, 0.29) is 0 Å². The Morgan fingerprint density at radius 1 is 1.00 bits per heavy atom. The molecule has 0 aliphatic carbocycles. The summed E-state index contributed by atoms with van der Waals surface area (Å²) in [6, 6.07) is 19.4. The quantitative estimate of drug-likeness (QED) is 0.664. The molecular formula is C23H26N2O. The van der Waals surface area contributed by atoms with Crippen molar-refractivity contribution in [2.45, 2.75) is 33.4 Å². The lowest BCUT2D eigenvalue weighted by Crippen LogP contribution is -2.18. The summed E-state index contributed by atoms with van der Waals surface area (Å²) in [7, 11) is 1.71. The first-order chi connectivity index (χ1) is 12.6. The van der Waals surface area contributed by atoms with E-state index in [2.05, 4.69) is 66.6 Å². The van der Waals surface area contributed by atoms with Gasteiger partial charge in [0.2, 0.25) is 0 Å². The van der Waals surface area contributed by atoms with Gasteiger partial charge in [-0.2, -0.15) is 0 Å². The molecule has 0 saturated carbocycles. The van der Waals surface area contributed by atoms with Crippen molar-refractivity contribution >= 4 is 0 Å². The first-order valence-electron chi connectivity index (χ1n) is 8.96. The first kappa shape index (κ1) is 18.2. The molecule has 3 aromatic rings. The van der Waals surface area contributed by atoms with Crippen LogP contribution < -0.4 is 10.1 Å². The van der Waals surface area contributed by atoms with Crippen LogP contribution in [0.5, 0.6) is 5.75 Å². The minimum Gasteiger partial charge on any atom is -0.496 e. The molecule has 1 N–H and O–H groups in total. The lowest BCUT2D eigenvalue weighted by molar-refractivity contribution is 0.416. The van der Waals surface area contributed by atoms with Crippen LogP contribution in [0.4, 0.5) is 0 Å². The van der Waals surface area contributed by atoms with Gasteiger partial charge in [0.05, 0.1) is 7.11 Å². The molecule has 0 aliphatic rings. The van der Waals surface area contributed by atoms with Crippen LogP contribution in [0, 0.1) is 13.8 Å². The van der Waals surface area contributed by atoms with E-state index in [4.69, 9.17) is 4.74 Å². The van der Waals surface area contributed by atoms with Gasteiger partial charge in [0.25, 0.3) is 0 Å². The Bertz CT molecular complexity index is 854. The normalized spacial score (nSPS) is 12.0. The summed E-state index contributed by atoms with van der Waals surface area (Å²) in [5, 5.41) is 3.60. The minimum absolute atomic E-state index is 0.294. The van der Waals surface area contributed by atoms with Crippen LogP contribution >= 0.6 is 0 Å². The largest absolute Gasteiger partial charge is 0.496 e. The Labute approximate surface area is 156 Å². The van der Waals surface area contributed by atoms with E-state index in [1.807, 2.05) is 25.3 Å². The van der Waals surface area contributed by atoms with Gasteiger partial charge in [-0.25, -0.2) is 0 Å². The standard InChI is InChI=1S/C23H26N2O/c1-16-5-9-20(10-6-16)18(3)25-14-19-8-12-23(26-4)22(13-19)21-11-7-17(2)24-15-21/h5-13,15,18,25H,14H2,1-4H3/t18-/m1/s1. The highest BCUT2D eigenvalue weighted by Gasteiger charge is 2.09. The zero-order chi connectivity index (χ0) is 18.5. The topological polar surface area (TPSA) is 34.1 Å². The summed E-state index contributed by atoms with van der Waals surface area (Å²) in [6.45, 7) is 7.10. The third kappa shape index (κ3) is 4.30. The summed E-state index contributed by atoms with van der Waals surface area (Å²) in [4.78, 5) is 4.41. The number of nitrogens with one attached hydrogen (secondary N) is 1. The molecule has 0 amide bonds. The maximum absolute atomic E-state index is 5.54. The molecule has 0 aliphatic heterocycles. The van der Waals surface area contributed by atoms with Crippen LogP contribution in [0.15, 0.2) is 60.8 Å². The molecule has 3 nitrogen and oxygen atoms in total. The van der Waals surface area contributed by atoms with Crippen molar-refractivity contribution in [3.8, 4) is 16.9 Å². The second-order valence-corrected chi connectivity index (χ2v) is 6.74. The Hall–Kier alpha value is -2.65. The maximum Gasteiger partial charge on any atom is 0.126 e. The minimum atomic E-state index is 0.294. The maximum atomic E-state index is 5.54. The molecule has 0 radical (unpaired) electrons. The predicted octanol–water partition coefficient (Wildman–Crippen LogP) is 5.22. The van der Waals surface area contributed by atoms with E-state index in [9.17, 15) is 0 Å². The van der Waals surface area contributed by atoms with Gasteiger partial charge in [0, 0.05) is 35.6 Å². The SMILES string of the molecule is COc1ccc(CN[C@H](C)c2ccc(C)cc2)cc1-c1ccc(C)nc1. The highest BCUT2D eigenvalue weighted by molar-refractivity contribution is 5.70. The van der Waals surface area contributed by atoms with Crippen LogP contribution in [-0.2, 0) is 6.54 Å². The van der Waals surface area contributed by atoms with Crippen LogP contribution in [-0.4, -0.2) is 12.1 Å². The van der Waals surface area contributed by atoms with Crippen LogP contribution in [0.25, 0.3) is 11.1 Å². The number of benzene rings is 2. The molecule has 0 unspecified atom stereocenters. The van der Waals surface area contributed by atoms with Gasteiger partial charge in [-0.05, 0) is 50.1 Å². The summed E-state index contributed by atoms with van der Waals surface area (Å²) in [5.41, 5.74) is 6.96. The third-order valence-electron chi connectivity index (χ3n) is 4.68. The number of methoxy groups -OCH3 is 1. The van der Waals surface area contributed by atoms with Crippen molar-refractivity contribution in [3.63, 3.8) is 0 Å². The molecule has 134 valence electrons. The van der Waals surface area contributed by atoms with Gasteiger partial charge >= 0.3 is 0 Å². The summed E-state index contributed by atoms with van der Waals surface area (Å²) in [6.07, 6.45) is 1.90. The summed E-state index contributed by atoms with van der Waals surface area (Å²) < 4.78 is 5.54. The fourth-order valence-corrected chi connectivity index (χ4v) is 2.96. The van der Waals surface area contributed by atoms with Crippen LogP contribution in [0.3, 0.4) is 0 Å². The van der Waals surface area contributed by atoms with Gasteiger partial charge in [0.15, 0.2) is 0 Å². The molecule has 3 heteroatoms. The van der Waals surface area contributed by atoms with E-state index in [0.717, 1.165) is 29.1 Å². The third-order valence-corrected chi connectivity index (χ3v) is 4.68. The van der Waals surface area contributed by atoms with Gasteiger partial charge in [-0.3, -0.25) is 4.98 Å². The van der Waals surface area contributed by atoms with Gasteiger partial charge in [-0.15, -0.1) is 0 Å². The Balaban J connectivity index is 1.77. The molecule has 0 fully saturated rings. The number of ether oxygens (including phenoxy) is 1. The first-order valence-corrected chi connectivity index (χ1v) is 8.96. The Morgan fingerprint density at radius 3 is 2.42 bits per heavy atom. The second kappa shape index (κ2) is 8.15.